The molecule has 4 heteroatoms. The van der Waals surface area contributed by atoms with Crippen LogP contribution in [0, 0.1) is 6.92 Å². The second-order valence-corrected chi connectivity index (χ2v) is 5.72. The highest BCUT2D eigenvalue weighted by Crippen LogP contribution is 2.20. The molecule has 0 aliphatic rings. The smallest absolute Gasteiger partial charge is 0.257 e. The van der Waals surface area contributed by atoms with Gasteiger partial charge in [-0.15, -0.1) is 0 Å². The largest absolute Gasteiger partial charge is 0.484 e. The van der Waals surface area contributed by atoms with Gasteiger partial charge in [0.05, 0.1) is 0 Å². The van der Waals surface area contributed by atoms with Gasteiger partial charge in [0.15, 0.2) is 6.61 Å². The molecule has 0 fully saturated rings. The van der Waals surface area contributed by atoms with Crippen molar-refractivity contribution in [3.05, 3.63) is 64.7 Å². The Balaban J connectivity index is 1.77. The first kappa shape index (κ1) is 16.4. The zero-order valence-electron chi connectivity index (χ0n) is 12.8. The number of carbonyl (C=O) groups excluding carboxylic acids is 1. The summed E-state index contributed by atoms with van der Waals surface area (Å²) in [5, 5.41) is 3.58. The summed E-state index contributed by atoms with van der Waals surface area (Å²) >= 11 is 5.95. The maximum Gasteiger partial charge on any atom is 0.257 e. The van der Waals surface area contributed by atoms with Crippen LogP contribution in [0.3, 0.4) is 0 Å². The van der Waals surface area contributed by atoms with E-state index in [9.17, 15) is 4.79 Å². The van der Waals surface area contributed by atoms with Gasteiger partial charge in [0.25, 0.3) is 5.91 Å². The van der Waals surface area contributed by atoms with Gasteiger partial charge in [-0.3, -0.25) is 4.79 Å². The fourth-order valence-electron chi connectivity index (χ4n) is 2.07. The van der Waals surface area contributed by atoms with Gasteiger partial charge in [0.1, 0.15) is 5.75 Å². The number of aryl methyl sites for hydroxylation is 1. The summed E-state index contributed by atoms with van der Waals surface area (Å²) in [6.45, 7) is 4.57. The third-order valence-corrected chi connectivity index (χ3v) is 3.90. The highest BCUT2D eigenvalue weighted by Gasteiger charge is 2.08. The third kappa shape index (κ3) is 4.78. The Morgan fingerprint density at radius 1 is 1.23 bits per heavy atom. The molecule has 0 saturated carbocycles. The van der Waals surface area contributed by atoms with E-state index in [4.69, 9.17) is 16.3 Å². The van der Waals surface area contributed by atoms with Crippen LogP contribution in [-0.4, -0.2) is 19.1 Å². The molecule has 0 unspecified atom stereocenters. The number of halogens is 1. The number of hydrogen-bond acceptors (Lipinski definition) is 2. The molecule has 0 heterocycles. The van der Waals surface area contributed by atoms with Gasteiger partial charge < -0.3 is 10.1 Å². The van der Waals surface area contributed by atoms with Crippen LogP contribution in [0.15, 0.2) is 48.5 Å². The molecule has 2 aromatic rings. The fraction of sp³-hybridized carbons (Fsp3) is 0.278. The Hall–Kier alpha value is -2.00. The first-order valence-electron chi connectivity index (χ1n) is 7.27. The van der Waals surface area contributed by atoms with E-state index < -0.39 is 0 Å². The number of amides is 1. The molecule has 3 nitrogen and oxygen atoms in total. The minimum absolute atomic E-state index is 0.00256. The second-order valence-electron chi connectivity index (χ2n) is 5.32. The first-order chi connectivity index (χ1) is 10.6. The van der Waals surface area contributed by atoms with Gasteiger partial charge in [-0.25, -0.2) is 0 Å². The summed E-state index contributed by atoms with van der Waals surface area (Å²) in [5.74, 6) is 0.784. The number of rotatable bonds is 6. The lowest BCUT2D eigenvalue weighted by molar-refractivity contribution is -0.123. The van der Waals surface area contributed by atoms with E-state index in [0.29, 0.717) is 17.3 Å². The van der Waals surface area contributed by atoms with Gasteiger partial charge in [-0.05, 0) is 42.2 Å². The third-order valence-electron chi connectivity index (χ3n) is 3.47. The summed E-state index contributed by atoms with van der Waals surface area (Å²) < 4.78 is 5.47. The minimum atomic E-state index is -0.129. The van der Waals surface area contributed by atoms with Crippen molar-refractivity contribution in [2.45, 2.75) is 19.8 Å². The van der Waals surface area contributed by atoms with Crippen LogP contribution in [0.25, 0.3) is 0 Å². The van der Waals surface area contributed by atoms with Gasteiger partial charge in [-0.2, -0.15) is 0 Å². The summed E-state index contributed by atoms with van der Waals surface area (Å²) in [4.78, 5) is 11.8. The van der Waals surface area contributed by atoms with Gasteiger partial charge in [0, 0.05) is 11.6 Å². The summed E-state index contributed by atoms with van der Waals surface area (Å²) in [6.07, 6.45) is 0. The second kappa shape index (κ2) is 7.85. The molecule has 2 aromatic carbocycles. The predicted octanol–water partition coefficient (Wildman–Crippen LogP) is 3.95. The maximum atomic E-state index is 11.8. The molecule has 22 heavy (non-hydrogen) atoms. The fourth-order valence-corrected chi connectivity index (χ4v) is 2.19. The monoisotopic (exact) mass is 317 g/mol. The Morgan fingerprint density at radius 3 is 2.64 bits per heavy atom. The van der Waals surface area contributed by atoms with E-state index in [1.54, 1.807) is 12.1 Å². The van der Waals surface area contributed by atoms with E-state index in [1.165, 1.54) is 5.56 Å². The van der Waals surface area contributed by atoms with Crippen LogP contribution in [0.4, 0.5) is 0 Å². The topological polar surface area (TPSA) is 38.3 Å². The van der Waals surface area contributed by atoms with Gasteiger partial charge in [0.2, 0.25) is 0 Å². The number of carbonyl (C=O) groups is 1. The lowest BCUT2D eigenvalue weighted by atomic mass is 10.0. The van der Waals surface area contributed by atoms with Crippen molar-refractivity contribution >= 4 is 17.5 Å². The molecule has 0 bridgehead atoms. The van der Waals surface area contributed by atoms with Crippen LogP contribution in [0.1, 0.15) is 24.0 Å². The van der Waals surface area contributed by atoms with Crippen molar-refractivity contribution in [1.82, 2.24) is 5.32 Å². The lowest BCUT2D eigenvalue weighted by Gasteiger charge is -2.13. The maximum absolute atomic E-state index is 11.8. The summed E-state index contributed by atoms with van der Waals surface area (Å²) in [5.41, 5.74) is 2.13. The lowest BCUT2D eigenvalue weighted by Crippen LogP contribution is -2.31. The molecule has 1 atom stereocenters. The zero-order valence-corrected chi connectivity index (χ0v) is 13.6. The molecular formula is C18H20ClNO2. The van der Waals surface area contributed by atoms with Crippen molar-refractivity contribution in [1.29, 1.82) is 0 Å². The SMILES string of the molecule is Cc1cc(OCC(=O)NC[C@H](C)c2ccccc2)ccc1Cl. The van der Waals surface area contributed by atoms with Crippen LogP contribution in [0.5, 0.6) is 5.75 Å². The van der Waals surface area contributed by atoms with Crippen molar-refractivity contribution in [3.8, 4) is 5.75 Å². The average molecular weight is 318 g/mol. The zero-order chi connectivity index (χ0) is 15.9. The van der Waals surface area contributed by atoms with E-state index in [-0.39, 0.29) is 18.4 Å². The molecule has 0 aliphatic heterocycles. The van der Waals surface area contributed by atoms with E-state index in [1.807, 2.05) is 31.2 Å². The molecule has 1 N–H and O–H groups in total. The number of benzene rings is 2. The molecule has 0 spiro atoms. The molecular weight excluding hydrogens is 298 g/mol. The van der Waals surface area contributed by atoms with Crippen LogP contribution < -0.4 is 10.1 Å². The quantitative estimate of drug-likeness (QED) is 0.876. The number of hydrogen-bond donors (Lipinski definition) is 1. The Morgan fingerprint density at radius 2 is 1.95 bits per heavy atom. The van der Waals surface area contributed by atoms with Gasteiger partial charge in [-0.1, -0.05) is 48.9 Å². The van der Waals surface area contributed by atoms with Crippen LogP contribution in [0.2, 0.25) is 5.02 Å². The summed E-state index contributed by atoms with van der Waals surface area (Å²) in [6, 6.07) is 15.4. The average Bonchev–Trinajstić information content (AvgIpc) is 2.54. The van der Waals surface area contributed by atoms with Crippen molar-refractivity contribution in [3.63, 3.8) is 0 Å². The van der Waals surface area contributed by atoms with E-state index in [2.05, 4.69) is 24.4 Å². The van der Waals surface area contributed by atoms with E-state index >= 15 is 0 Å². The first-order valence-corrected chi connectivity index (χ1v) is 7.64. The molecule has 116 valence electrons. The Labute approximate surface area is 136 Å². The molecule has 2 rings (SSSR count). The highest BCUT2D eigenvalue weighted by atomic mass is 35.5. The molecule has 0 radical (unpaired) electrons. The molecule has 0 aromatic heterocycles. The molecule has 1 amide bonds. The molecule has 0 aliphatic carbocycles. The van der Waals surface area contributed by atoms with Crippen LogP contribution in [-0.2, 0) is 4.79 Å². The Kier molecular flexibility index (Phi) is 5.84. The van der Waals surface area contributed by atoms with Crippen LogP contribution >= 0.6 is 11.6 Å². The van der Waals surface area contributed by atoms with Crippen molar-refractivity contribution < 1.29 is 9.53 Å². The molecule has 0 saturated heterocycles. The van der Waals surface area contributed by atoms with E-state index in [0.717, 1.165) is 5.56 Å². The standard InChI is InChI=1S/C18H20ClNO2/c1-13-10-16(8-9-17(13)19)22-12-18(21)20-11-14(2)15-6-4-3-5-7-15/h3-10,14H,11-12H2,1-2H3,(H,20,21)/t14-/m0/s1. The predicted molar refractivity (Wildman–Crippen MR) is 89.6 cm³/mol. The number of nitrogens with one attached hydrogen (secondary N) is 1. The summed E-state index contributed by atoms with van der Waals surface area (Å²) in [7, 11) is 0. The van der Waals surface area contributed by atoms with Gasteiger partial charge >= 0.3 is 0 Å². The van der Waals surface area contributed by atoms with Crippen molar-refractivity contribution in [2.75, 3.05) is 13.2 Å². The van der Waals surface area contributed by atoms with Crippen molar-refractivity contribution in [2.24, 2.45) is 0 Å². The Bertz CT molecular complexity index is 628. The number of ether oxygens (including phenoxy) is 1. The highest BCUT2D eigenvalue weighted by molar-refractivity contribution is 6.31. The minimum Gasteiger partial charge on any atom is -0.484 e. The normalized spacial score (nSPS) is 11.8.